The molecule has 2 aromatic heterocycles. The van der Waals surface area contributed by atoms with Gasteiger partial charge < -0.3 is 4.42 Å². The van der Waals surface area contributed by atoms with Gasteiger partial charge in [0.15, 0.2) is 0 Å². The number of furan rings is 1. The Labute approximate surface area is 143 Å². The van der Waals surface area contributed by atoms with Gasteiger partial charge in [-0.25, -0.2) is 0 Å². The summed E-state index contributed by atoms with van der Waals surface area (Å²) < 4.78 is 6.00. The fourth-order valence-corrected chi connectivity index (χ4v) is 5.09. The van der Waals surface area contributed by atoms with Crippen molar-refractivity contribution in [1.29, 1.82) is 0 Å². The molecule has 0 spiro atoms. The molecule has 120 valence electrons. The van der Waals surface area contributed by atoms with Gasteiger partial charge in [-0.3, -0.25) is 4.98 Å². The summed E-state index contributed by atoms with van der Waals surface area (Å²) in [7, 11) is -1.35. The average Bonchev–Trinajstić information content (AvgIpc) is 2.91. The summed E-state index contributed by atoms with van der Waals surface area (Å²) in [5, 5.41) is 3.75. The third kappa shape index (κ3) is 2.45. The number of aryl methyl sites for hydroxylation is 1. The Bertz CT molecular complexity index is 1060. The van der Waals surface area contributed by atoms with Crippen molar-refractivity contribution in [2.24, 2.45) is 0 Å². The number of fused-ring (bicyclic) bond motifs is 3. The lowest BCUT2D eigenvalue weighted by Crippen LogP contribution is -2.39. The highest BCUT2D eigenvalue weighted by Gasteiger charge is 2.19. The highest BCUT2D eigenvalue weighted by molar-refractivity contribution is 6.89. The smallest absolute Gasteiger partial charge is 0.136 e. The molecule has 0 atom stereocenters. The number of hydrogen-bond acceptors (Lipinski definition) is 2. The van der Waals surface area contributed by atoms with Gasteiger partial charge >= 0.3 is 0 Å². The van der Waals surface area contributed by atoms with Gasteiger partial charge in [-0.05, 0) is 41.9 Å². The van der Waals surface area contributed by atoms with E-state index in [2.05, 4.69) is 63.1 Å². The Kier molecular flexibility index (Phi) is 3.36. The molecule has 4 aromatic rings. The summed E-state index contributed by atoms with van der Waals surface area (Å²) in [5.74, 6) is 0. The number of nitrogens with zero attached hydrogens (tertiary/aromatic N) is 1. The van der Waals surface area contributed by atoms with Gasteiger partial charge in [0, 0.05) is 22.5 Å². The largest absolute Gasteiger partial charge is 0.456 e. The van der Waals surface area contributed by atoms with Gasteiger partial charge in [-0.15, -0.1) is 0 Å². The van der Waals surface area contributed by atoms with E-state index in [4.69, 9.17) is 9.40 Å². The van der Waals surface area contributed by atoms with Crippen LogP contribution < -0.4 is 5.19 Å². The van der Waals surface area contributed by atoms with Crippen LogP contribution in [0.4, 0.5) is 0 Å². The SMILES string of the molecule is Cc1cc(-c2ccc3c(c2)oc2ccccc23)ncc1[Si](C)(C)C. The van der Waals surface area contributed by atoms with Gasteiger partial charge in [-0.2, -0.15) is 0 Å². The lowest BCUT2D eigenvalue weighted by Gasteiger charge is -2.19. The molecule has 0 aliphatic carbocycles. The van der Waals surface area contributed by atoms with Crippen LogP contribution in [0, 0.1) is 6.92 Å². The molecule has 2 heterocycles. The van der Waals surface area contributed by atoms with Crippen molar-refractivity contribution in [3.8, 4) is 11.3 Å². The number of hydrogen-bond donors (Lipinski definition) is 0. The topological polar surface area (TPSA) is 26.0 Å². The fraction of sp³-hybridized carbons (Fsp3) is 0.190. The second-order valence-corrected chi connectivity index (χ2v) is 12.5. The van der Waals surface area contributed by atoms with E-state index >= 15 is 0 Å². The van der Waals surface area contributed by atoms with Crippen LogP contribution in [0.1, 0.15) is 5.56 Å². The predicted molar refractivity (Wildman–Crippen MR) is 105 cm³/mol. The molecule has 0 fully saturated rings. The summed E-state index contributed by atoms with van der Waals surface area (Å²) in [4.78, 5) is 4.73. The Balaban J connectivity index is 1.85. The summed E-state index contributed by atoms with van der Waals surface area (Å²) >= 11 is 0. The van der Waals surface area contributed by atoms with Crippen LogP contribution >= 0.6 is 0 Å². The highest BCUT2D eigenvalue weighted by atomic mass is 28.3. The lowest BCUT2D eigenvalue weighted by molar-refractivity contribution is 0.669. The Hall–Kier alpha value is -2.39. The van der Waals surface area contributed by atoms with E-state index in [0.717, 1.165) is 33.2 Å². The van der Waals surface area contributed by atoms with E-state index in [1.807, 2.05) is 18.2 Å². The van der Waals surface area contributed by atoms with Crippen molar-refractivity contribution in [1.82, 2.24) is 4.98 Å². The Morgan fingerprint density at radius 1 is 0.875 bits per heavy atom. The van der Waals surface area contributed by atoms with Crippen LogP contribution in [0.15, 0.2) is 59.1 Å². The number of rotatable bonds is 2. The molecule has 24 heavy (non-hydrogen) atoms. The molecule has 4 rings (SSSR count). The number of pyridine rings is 1. The van der Waals surface area contributed by atoms with Crippen LogP contribution in [0.5, 0.6) is 0 Å². The molecular formula is C21H21NOSi. The maximum absolute atomic E-state index is 6.00. The maximum Gasteiger partial charge on any atom is 0.136 e. The van der Waals surface area contributed by atoms with E-state index in [0.29, 0.717) is 0 Å². The van der Waals surface area contributed by atoms with Crippen molar-refractivity contribution in [3.63, 3.8) is 0 Å². The quantitative estimate of drug-likeness (QED) is 0.453. The van der Waals surface area contributed by atoms with E-state index in [1.165, 1.54) is 10.8 Å². The van der Waals surface area contributed by atoms with E-state index in [9.17, 15) is 0 Å². The maximum atomic E-state index is 6.00. The zero-order valence-electron chi connectivity index (χ0n) is 14.6. The standard InChI is InChI=1S/C21H21NOSi/c1-14-11-18(22-13-21(14)24(2,3)4)15-9-10-17-16-7-5-6-8-19(16)23-20(17)12-15/h5-13H,1-4H3. The molecule has 3 heteroatoms. The molecule has 0 N–H and O–H groups in total. The Morgan fingerprint density at radius 2 is 1.62 bits per heavy atom. The Morgan fingerprint density at radius 3 is 2.38 bits per heavy atom. The molecule has 0 radical (unpaired) electrons. The first-order valence-corrected chi connectivity index (χ1v) is 11.8. The average molecular weight is 331 g/mol. The van der Waals surface area contributed by atoms with Crippen molar-refractivity contribution < 1.29 is 4.42 Å². The molecule has 0 aliphatic rings. The van der Waals surface area contributed by atoms with E-state index in [1.54, 1.807) is 0 Å². The van der Waals surface area contributed by atoms with Crippen molar-refractivity contribution in [3.05, 3.63) is 60.3 Å². The van der Waals surface area contributed by atoms with Gasteiger partial charge in [0.05, 0.1) is 13.8 Å². The van der Waals surface area contributed by atoms with Gasteiger partial charge in [-0.1, -0.05) is 43.9 Å². The molecule has 2 nitrogen and oxygen atoms in total. The number of benzene rings is 2. The van der Waals surface area contributed by atoms with Gasteiger partial charge in [0.25, 0.3) is 0 Å². The summed E-state index contributed by atoms with van der Waals surface area (Å²) in [5.41, 5.74) is 5.30. The molecule has 2 aromatic carbocycles. The fourth-order valence-electron chi connectivity index (χ4n) is 3.38. The third-order valence-corrected chi connectivity index (χ3v) is 6.73. The molecule has 0 saturated carbocycles. The number of para-hydroxylation sites is 1. The summed E-state index contributed by atoms with van der Waals surface area (Å²) in [6.07, 6.45) is 2.07. The number of aromatic nitrogens is 1. The minimum atomic E-state index is -1.35. The predicted octanol–water partition coefficient (Wildman–Crippen LogP) is 5.50. The first kappa shape index (κ1) is 15.2. The third-order valence-electron chi connectivity index (χ3n) is 4.59. The second-order valence-electron chi connectivity index (χ2n) is 7.44. The minimum Gasteiger partial charge on any atom is -0.456 e. The molecule has 0 bridgehead atoms. The van der Waals surface area contributed by atoms with Gasteiger partial charge in [0.2, 0.25) is 0 Å². The summed E-state index contributed by atoms with van der Waals surface area (Å²) in [6.45, 7) is 9.27. The van der Waals surface area contributed by atoms with Crippen LogP contribution in [0.25, 0.3) is 33.2 Å². The van der Waals surface area contributed by atoms with Crippen LogP contribution in [-0.2, 0) is 0 Å². The van der Waals surface area contributed by atoms with E-state index in [-0.39, 0.29) is 0 Å². The molecule has 0 saturated heterocycles. The highest BCUT2D eigenvalue weighted by Crippen LogP contribution is 2.31. The molecular weight excluding hydrogens is 310 g/mol. The zero-order chi connectivity index (χ0) is 16.9. The van der Waals surface area contributed by atoms with Crippen molar-refractivity contribution in [2.75, 3.05) is 0 Å². The van der Waals surface area contributed by atoms with Crippen molar-refractivity contribution >= 4 is 35.2 Å². The molecule has 0 unspecified atom stereocenters. The minimum absolute atomic E-state index is 0.919. The molecule has 0 aliphatic heterocycles. The van der Waals surface area contributed by atoms with Gasteiger partial charge in [0.1, 0.15) is 11.2 Å². The van der Waals surface area contributed by atoms with Crippen molar-refractivity contribution in [2.45, 2.75) is 26.6 Å². The van der Waals surface area contributed by atoms with Crippen LogP contribution in [0.2, 0.25) is 19.6 Å². The van der Waals surface area contributed by atoms with E-state index < -0.39 is 8.07 Å². The normalized spacial score (nSPS) is 12.2. The summed E-state index contributed by atoms with van der Waals surface area (Å²) in [6, 6.07) is 16.8. The monoisotopic (exact) mass is 331 g/mol. The lowest BCUT2D eigenvalue weighted by atomic mass is 10.1. The van der Waals surface area contributed by atoms with Crippen LogP contribution in [0.3, 0.4) is 0 Å². The molecule has 0 amide bonds. The zero-order valence-corrected chi connectivity index (χ0v) is 15.6. The van der Waals surface area contributed by atoms with Crippen LogP contribution in [-0.4, -0.2) is 13.1 Å². The first-order valence-electron chi connectivity index (χ1n) is 8.32. The second kappa shape index (κ2) is 5.31. The first-order chi connectivity index (χ1) is 11.4.